The molecule has 0 aliphatic rings. The molecule has 20 aromatic carbocycles. The second-order valence-corrected chi connectivity index (χ2v) is 31.1. The Morgan fingerprint density at radius 1 is 0.185 bits per heavy atom. The molecule has 0 aromatic heterocycles. The van der Waals surface area contributed by atoms with Crippen molar-refractivity contribution < 1.29 is 73.0 Å². The van der Waals surface area contributed by atoms with Crippen molar-refractivity contribution >= 4 is 64.6 Å². The van der Waals surface area contributed by atoms with E-state index in [1.54, 1.807) is 28.4 Å². The number of ether oxygens (including phenoxy) is 8. The van der Waals surface area contributed by atoms with Gasteiger partial charge in [-0.3, -0.25) is 0 Å². The molecule has 636 valence electrons. The second-order valence-electron chi connectivity index (χ2n) is 31.1. The number of hydrogen-bond donors (Lipinski definition) is 0. The minimum atomic E-state index is -4.64. The number of para-hydroxylation sites is 4. The van der Waals surface area contributed by atoms with Crippen molar-refractivity contribution in [3.8, 4) is 158 Å². The maximum atomic E-state index is 14.6. The van der Waals surface area contributed by atoms with E-state index in [9.17, 15) is 35.1 Å². The summed E-state index contributed by atoms with van der Waals surface area (Å²) in [7, 11) is 6.60. The Labute approximate surface area is 743 Å². The highest BCUT2D eigenvalue weighted by molar-refractivity contribution is 6.33. The highest BCUT2D eigenvalue weighted by atomic mass is 19.4. The van der Waals surface area contributed by atoms with Crippen LogP contribution in [-0.4, -0.2) is 28.4 Å². The molecule has 0 N–H and O–H groups in total. The number of rotatable bonds is 20. The molecule has 130 heavy (non-hydrogen) atoms. The fraction of sp³-hybridized carbons (Fsp3) is 0.0526. The highest BCUT2D eigenvalue weighted by Crippen LogP contribution is 2.57. The molecule has 0 heterocycles. The van der Waals surface area contributed by atoms with Crippen molar-refractivity contribution in [2.45, 2.75) is 12.4 Å². The zero-order valence-corrected chi connectivity index (χ0v) is 70.2. The third-order valence-corrected chi connectivity index (χ3v) is 23.3. The summed E-state index contributed by atoms with van der Waals surface area (Å²) in [6.45, 7) is 0. The summed E-state index contributed by atoms with van der Waals surface area (Å²) in [6, 6.07) is 115. The van der Waals surface area contributed by atoms with Gasteiger partial charge in [-0.1, -0.05) is 182 Å². The summed E-state index contributed by atoms with van der Waals surface area (Å²) in [6.07, 6.45) is -9.28. The number of alkyl halides is 6. The zero-order chi connectivity index (χ0) is 89.3. The van der Waals surface area contributed by atoms with E-state index in [2.05, 4.69) is 24.3 Å². The molecule has 0 aliphatic heterocycles. The van der Waals surface area contributed by atoms with Gasteiger partial charge < -0.3 is 37.9 Å². The summed E-state index contributed by atoms with van der Waals surface area (Å²) in [4.78, 5) is 0. The van der Waals surface area contributed by atoms with E-state index in [0.717, 1.165) is 135 Å². The van der Waals surface area contributed by atoms with Gasteiger partial charge in [-0.2, -0.15) is 26.3 Å². The molecule has 20 rings (SSSR count). The first-order chi connectivity index (χ1) is 63.3. The van der Waals surface area contributed by atoms with Gasteiger partial charge in [0.2, 0.25) is 0 Å². The van der Waals surface area contributed by atoms with E-state index < -0.39 is 23.5 Å². The van der Waals surface area contributed by atoms with E-state index in [1.165, 1.54) is 48.5 Å². The van der Waals surface area contributed by atoms with E-state index in [1.807, 2.05) is 291 Å². The first kappa shape index (κ1) is 83.4. The Kier molecular flexibility index (Phi) is 22.6. The lowest BCUT2D eigenvalue weighted by Gasteiger charge is -2.25. The van der Waals surface area contributed by atoms with Crippen LogP contribution >= 0.6 is 0 Å². The number of methoxy groups -OCH3 is 4. The maximum Gasteiger partial charge on any atom is 0.416 e. The van der Waals surface area contributed by atoms with Gasteiger partial charge in [-0.25, -0.2) is 8.78 Å². The molecule has 0 fully saturated rings. The predicted octanol–water partition coefficient (Wildman–Crippen LogP) is 33.1. The lowest BCUT2D eigenvalue weighted by molar-refractivity contribution is -0.138. The standard InChI is InChI=1S/C68H42F6O4.C46H34F2O4/c69-67(70,71)48-29-21-44(22-30-48)63-60-40-47-39-56(77-52-17-9-3-10-18-52)37-38-58(47)62(46-27-35-55(36-28-46)76-51-15-7-2-8-16-51)66(60)64(45-23-31-49(32-24-45)68(72,73)74)61-42-57(78-53-19-11-4-12-20-53)41-59(65(61)63)43-25-33-54(34-26-43)75-50-13-5-1-6-14-50;1-49-34-17-9-27(10-18-34)39-25-37(52-4)26-41-44(29-7-15-33(48)16-8-29)46-40(43(45(39)41)28-5-13-32(47)14-6-28)24-31-23-36(51-3)21-22-38(31)42(46)30-11-19-35(50-2)20-12-30/h1-42H;5-26H,1-4H3. The maximum absolute atomic E-state index is 14.6. The van der Waals surface area contributed by atoms with Crippen LogP contribution in [0.1, 0.15) is 11.1 Å². The van der Waals surface area contributed by atoms with Crippen LogP contribution in [0.2, 0.25) is 0 Å². The summed E-state index contributed by atoms with van der Waals surface area (Å²) in [5.41, 5.74) is 10.4. The van der Waals surface area contributed by atoms with Crippen molar-refractivity contribution in [1.29, 1.82) is 0 Å². The molecule has 0 saturated heterocycles. The number of halogens is 8. The average molecular weight is 1730 g/mol. The van der Waals surface area contributed by atoms with Gasteiger partial charge in [-0.15, -0.1) is 0 Å². The quantitative estimate of drug-likeness (QED) is 0.0552. The molecule has 0 unspecified atom stereocenters. The Hall–Kier alpha value is -16.2. The summed E-state index contributed by atoms with van der Waals surface area (Å²) < 4.78 is 165. The third-order valence-electron chi connectivity index (χ3n) is 23.3. The van der Waals surface area contributed by atoms with E-state index >= 15 is 0 Å². The first-order valence-corrected chi connectivity index (χ1v) is 41.7. The van der Waals surface area contributed by atoms with Crippen LogP contribution in [0.15, 0.2) is 388 Å². The van der Waals surface area contributed by atoms with Crippen LogP contribution in [-0.2, 0) is 12.4 Å². The Balaban J connectivity index is 0.000000183. The number of benzene rings is 20. The molecule has 20 aromatic rings. The monoisotopic (exact) mass is 1720 g/mol. The molecule has 0 atom stereocenters. The smallest absolute Gasteiger partial charge is 0.416 e. The van der Waals surface area contributed by atoms with E-state index in [4.69, 9.17) is 37.9 Å². The SMILES string of the molecule is COc1ccc(-c2cc(OC)cc3c(-c4ccc(F)cc4)c4c(-c5ccc(OC)cc5)c5ccc(OC)cc5cc4c(-c4ccc(F)cc4)c23)cc1.FC(F)(F)c1ccc(-c2c3cc4cc(Oc5ccccc5)ccc4c(-c4ccc(Oc5ccccc5)cc4)c3c(-c3ccc(C(F)(F)F)cc3)c3cc(Oc4ccccc4)cc(-c4ccc(Oc5ccccc5)cc4)c23)cc1. The van der Waals surface area contributed by atoms with Crippen molar-refractivity contribution in [2.24, 2.45) is 0 Å². The van der Waals surface area contributed by atoms with Gasteiger partial charge in [0.15, 0.2) is 0 Å². The molecule has 0 bridgehead atoms. The van der Waals surface area contributed by atoms with Crippen LogP contribution in [0.3, 0.4) is 0 Å². The lowest BCUT2D eigenvalue weighted by atomic mass is 9.79. The zero-order valence-electron chi connectivity index (χ0n) is 70.2. The van der Waals surface area contributed by atoms with Crippen molar-refractivity contribution in [3.05, 3.63) is 411 Å². The van der Waals surface area contributed by atoms with Gasteiger partial charge in [0, 0.05) is 0 Å². The van der Waals surface area contributed by atoms with Gasteiger partial charge >= 0.3 is 12.4 Å². The summed E-state index contributed by atoms with van der Waals surface area (Å²) >= 11 is 0. The predicted molar refractivity (Wildman–Crippen MR) is 504 cm³/mol. The minimum absolute atomic E-state index is 0.327. The van der Waals surface area contributed by atoms with Gasteiger partial charge in [-0.05, 0) is 360 Å². The fourth-order valence-corrected chi connectivity index (χ4v) is 17.3. The fourth-order valence-electron chi connectivity index (χ4n) is 17.3. The highest BCUT2D eigenvalue weighted by Gasteiger charge is 2.34. The molecular weight excluding hydrogens is 1650 g/mol. The normalized spacial score (nSPS) is 11.5. The Morgan fingerprint density at radius 2 is 0.431 bits per heavy atom. The number of fused-ring (bicyclic) bond motifs is 6. The molecule has 16 heteroatoms. The van der Waals surface area contributed by atoms with Crippen LogP contribution in [0, 0.1) is 11.6 Å². The van der Waals surface area contributed by atoms with Crippen LogP contribution in [0.5, 0.6) is 69.0 Å². The molecular formula is C114H76F8O8. The molecule has 0 spiro atoms. The van der Waals surface area contributed by atoms with Crippen molar-refractivity contribution in [2.75, 3.05) is 28.4 Å². The van der Waals surface area contributed by atoms with Gasteiger partial charge in [0.05, 0.1) is 39.6 Å². The van der Waals surface area contributed by atoms with E-state index in [-0.39, 0.29) is 11.6 Å². The molecule has 0 saturated carbocycles. The average Bonchev–Trinajstić information content (AvgIpc) is 0.703. The summed E-state index contributed by atoms with van der Waals surface area (Å²) in [5.74, 6) is 6.59. The first-order valence-electron chi connectivity index (χ1n) is 41.7. The minimum Gasteiger partial charge on any atom is -0.497 e. The topological polar surface area (TPSA) is 73.8 Å². The van der Waals surface area contributed by atoms with Crippen molar-refractivity contribution in [3.63, 3.8) is 0 Å². The van der Waals surface area contributed by atoms with Crippen LogP contribution < -0.4 is 37.9 Å². The summed E-state index contributed by atoms with van der Waals surface area (Å²) in [5, 5.41) is 9.54. The van der Waals surface area contributed by atoms with Gasteiger partial charge in [0.25, 0.3) is 0 Å². The molecule has 0 radical (unpaired) electrons. The number of hydrogen-bond acceptors (Lipinski definition) is 8. The Bertz CT molecular complexity index is 7580. The van der Waals surface area contributed by atoms with Crippen LogP contribution in [0.4, 0.5) is 35.1 Å². The second kappa shape index (κ2) is 35.3. The molecule has 0 amide bonds. The van der Waals surface area contributed by atoms with Crippen molar-refractivity contribution in [1.82, 2.24) is 0 Å². The van der Waals surface area contributed by atoms with Gasteiger partial charge in [0.1, 0.15) is 80.6 Å². The van der Waals surface area contributed by atoms with E-state index in [0.29, 0.717) is 112 Å². The van der Waals surface area contributed by atoms with Crippen LogP contribution in [0.25, 0.3) is 154 Å². The molecule has 8 nitrogen and oxygen atoms in total. The lowest BCUT2D eigenvalue weighted by Crippen LogP contribution is -2.04. The Morgan fingerprint density at radius 3 is 0.777 bits per heavy atom. The largest absolute Gasteiger partial charge is 0.497 e. The molecule has 0 aliphatic carbocycles. The third kappa shape index (κ3) is 16.8.